The van der Waals surface area contributed by atoms with Gasteiger partial charge in [0.25, 0.3) is 0 Å². The van der Waals surface area contributed by atoms with Gasteiger partial charge in [-0.25, -0.2) is 8.42 Å². The fraction of sp³-hybridized carbons (Fsp3) is 0.0435. The van der Waals surface area contributed by atoms with Gasteiger partial charge in [0, 0.05) is 11.1 Å². The highest BCUT2D eigenvalue weighted by Gasteiger charge is 1.98. The molecule has 0 spiro atoms. The summed E-state index contributed by atoms with van der Waals surface area (Å²) in [7, 11) is -4.27. The molecule has 0 amide bonds. The third-order valence-corrected chi connectivity index (χ3v) is 5.26. The molecular formula is C23H17IO3S. The van der Waals surface area contributed by atoms with E-state index in [0.29, 0.717) is 0 Å². The quantitative estimate of drug-likeness (QED) is 0.285. The molecule has 0 aliphatic carbocycles. The van der Waals surface area contributed by atoms with E-state index in [1.54, 1.807) is 12.1 Å². The summed E-state index contributed by atoms with van der Waals surface area (Å²) in [6.07, 6.45) is 0. The van der Waals surface area contributed by atoms with Gasteiger partial charge in [-0.1, -0.05) is 54.1 Å². The molecule has 3 aromatic carbocycles. The van der Waals surface area contributed by atoms with Crippen molar-refractivity contribution in [2.45, 2.75) is 11.8 Å². The molecule has 0 fully saturated rings. The average molecular weight is 500 g/mol. The zero-order chi connectivity index (χ0) is 20.2. The zero-order valence-corrected chi connectivity index (χ0v) is 18.1. The first-order valence-electron chi connectivity index (χ1n) is 8.22. The molecule has 0 N–H and O–H groups in total. The highest BCUT2D eigenvalue weighted by atomic mass is 127. The minimum Gasteiger partial charge on any atom is -0.744 e. The van der Waals surface area contributed by atoms with Gasteiger partial charge in [-0.2, -0.15) is 0 Å². The van der Waals surface area contributed by atoms with Gasteiger partial charge in [0.15, 0.2) is 0 Å². The van der Waals surface area contributed by atoms with Crippen LogP contribution in [0.2, 0.25) is 0 Å². The van der Waals surface area contributed by atoms with Crippen LogP contribution in [0.25, 0.3) is 0 Å². The maximum Gasteiger partial charge on any atom is 0.483 e. The number of benzene rings is 3. The second-order valence-electron chi connectivity index (χ2n) is 5.53. The predicted molar refractivity (Wildman–Crippen MR) is 106 cm³/mol. The molecule has 0 aromatic heterocycles. The Morgan fingerprint density at radius 3 is 1.54 bits per heavy atom. The van der Waals surface area contributed by atoms with Gasteiger partial charge < -0.3 is 4.55 Å². The summed E-state index contributed by atoms with van der Waals surface area (Å²) < 4.78 is 37.5. The Hall–Kier alpha value is -2.58. The van der Waals surface area contributed by atoms with Gasteiger partial charge in [0.05, 0.1) is 4.90 Å². The summed E-state index contributed by atoms with van der Waals surface area (Å²) in [6.45, 7) is 1.82. The molecule has 3 rings (SSSR count). The van der Waals surface area contributed by atoms with Gasteiger partial charge >= 0.3 is 21.2 Å². The molecule has 0 unspecified atom stereocenters. The van der Waals surface area contributed by atoms with Crippen LogP contribution in [0.1, 0.15) is 16.7 Å². The lowest BCUT2D eigenvalue weighted by Crippen LogP contribution is -3.57. The standard InChI is InChI=1S/C16H10I.C7H8O3S/c1-3-7-15(8-4-1)11-13-17-14-12-16-9-5-2-6-10-16;1-6-2-4-7(5-3-6)11(8,9)10/h1-10H;2-5H,1H3,(H,8,9,10)/q+1;/p-1. The highest BCUT2D eigenvalue weighted by Crippen LogP contribution is 2.08. The van der Waals surface area contributed by atoms with Crippen molar-refractivity contribution in [2.24, 2.45) is 0 Å². The average Bonchev–Trinajstić information content (AvgIpc) is 2.69. The van der Waals surface area contributed by atoms with Crippen LogP contribution in [0.4, 0.5) is 0 Å². The Kier molecular flexibility index (Phi) is 8.77. The second kappa shape index (κ2) is 11.3. The molecule has 0 heterocycles. The van der Waals surface area contributed by atoms with E-state index >= 15 is 0 Å². The maximum atomic E-state index is 10.4. The predicted octanol–water partition coefficient (Wildman–Crippen LogP) is 0.993. The zero-order valence-electron chi connectivity index (χ0n) is 15.1. The number of hydrogen-bond donors (Lipinski definition) is 0. The first-order chi connectivity index (χ1) is 13.4. The molecule has 0 saturated carbocycles. The summed E-state index contributed by atoms with van der Waals surface area (Å²) in [5.74, 6) is 6.25. The molecule has 0 atom stereocenters. The maximum absolute atomic E-state index is 10.4. The topological polar surface area (TPSA) is 57.2 Å². The van der Waals surface area contributed by atoms with Crippen molar-refractivity contribution in [2.75, 3.05) is 0 Å². The molecular weight excluding hydrogens is 483 g/mol. The van der Waals surface area contributed by atoms with E-state index < -0.39 is 10.1 Å². The first-order valence-corrected chi connectivity index (χ1v) is 11.8. The van der Waals surface area contributed by atoms with E-state index in [1.165, 1.54) is 12.1 Å². The van der Waals surface area contributed by atoms with E-state index in [9.17, 15) is 13.0 Å². The number of rotatable bonds is 1. The molecule has 0 aliphatic heterocycles. The summed E-state index contributed by atoms with van der Waals surface area (Å²) in [5, 5.41) is 0. The minimum absolute atomic E-state index is 0.178. The Balaban J connectivity index is 0.000000221. The van der Waals surface area contributed by atoms with Crippen molar-refractivity contribution in [1.29, 1.82) is 0 Å². The Bertz CT molecular complexity index is 1050. The minimum atomic E-state index is -4.27. The third kappa shape index (κ3) is 8.41. The van der Waals surface area contributed by atoms with Crippen molar-refractivity contribution in [3.63, 3.8) is 0 Å². The van der Waals surface area contributed by atoms with E-state index in [4.69, 9.17) is 0 Å². The Labute approximate surface area is 176 Å². The third-order valence-electron chi connectivity index (χ3n) is 3.33. The fourth-order valence-corrected chi connectivity index (χ4v) is 3.42. The van der Waals surface area contributed by atoms with Gasteiger partial charge in [-0.05, 0) is 55.2 Å². The van der Waals surface area contributed by atoms with E-state index in [-0.39, 0.29) is 26.1 Å². The van der Waals surface area contributed by atoms with Gasteiger partial charge in [0.2, 0.25) is 7.85 Å². The molecule has 140 valence electrons. The van der Waals surface area contributed by atoms with Crippen molar-refractivity contribution in [1.82, 2.24) is 0 Å². The normalized spacial score (nSPS) is 9.64. The van der Waals surface area contributed by atoms with Gasteiger partial charge in [-0.15, -0.1) is 0 Å². The highest BCUT2D eigenvalue weighted by molar-refractivity contribution is 7.85. The fourth-order valence-electron chi connectivity index (χ4n) is 1.93. The van der Waals surface area contributed by atoms with Crippen LogP contribution in [0.5, 0.6) is 0 Å². The monoisotopic (exact) mass is 500 g/mol. The number of halogens is 1. The SMILES string of the molecule is C(#Cc1ccccc1)[I+]C#Cc1ccccc1.Cc1ccc(S(=O)(=O)[O-])cc1. The number of aryl methyl sites for hydroxylation is 1. The Morgan fingerprint density at radius 2 is 1.14 bits per heavy atom. The smallest absolute Gasteiger partial charge is 0.483 e. The summed E-state index contributed by atoms with van der Waals surface area (Å²) in [4.78, 5) is -0.178. The summed E-state index contributed by atoms with van der Waals surface area (Å²) in [6, 6.07) is 25.8. The Morgan fingerprint density at radius 1 is 0.714 bits per heavy atom. The van der Waals surface area contributed by atoms with Gasteiger partial charge in [0.1, 0.15) is 10.1 Å². The molecule has 3 nitrogen and oxygen atoms in total. The van der Waals surface area contributed by atoms with Gasteiger partial charge in [-0.3, -0.25) is 0 Å². The van der Waals surface area contributed by atoms with E-state index in [1.807, 2.05) is 67.6 Å². The lowest BCUT2D eigenvalue weighted by Gasteiger charge is -2.05. The lowest BCUT2D eigenvalue weighted by molar-refractivity contribution is -0.468. The molecule has 0 saturated heterocycles. The van der Waals surface area contributed by atoms with Crippen molar-refractivity contribution >= 4 is 10.1 Å². The molecule has 0 bridgehead atoms. The molecule has 28 heavy (non-hydrogen) atoms. The summed E-state index contributed by atoms with van der Waals surface area (Å²) in [5.41, 5.74) is 3.06. The van der Waals surface area contributed by atoms with E-state index in [0.717, 1.165) is 16.7 Å². The van der Waals surface area contributed by atoms with Crippen LogP contribution in [-0.4, -0.2) is 13.0 Å². The van der Waals surface area contributed by atoms with Crippen LogP contribution in [-0.2, 0) is 10.1 Å². The first kappa shape index (κ1) is 21.7. The van der Waals surface area contributed by atoms with E-state index in [2.05, 4.69) is 19.7 Å². The molecule has 0 radical (unpaired) electrons. The molecule has 0 aliphatic rings. The van der Waals surface area contributed by atoms with Crippen molar-refractivity contribution in [3.8, 4) is 19.7 Å². The van der Waals surface area contributed by atoms with Crippen LogP contribution in [0.3, 0.4) is 0 Å². The van der Waals surface area contributed by atoms with Crippen molar-refractivity contribution in [3.05, 3.63) is 102 Å². The van der Waals surface area contributed by atoms with Crippen LogP contribution >= 0.6 is 0 Å². The van der Waals surface area contributed by atoms with Crippen molar-refractivity contribution < 1.29 is 34.2 Å². The number of hydrogen-bond acceptors (Lipinski definition) is 3. The van der Waals surface area contributed by atoms with Crippen LogP contribution < -0.4 is 21.2 Å². The molecule has 5 heteroatoms. The summed E-state index contributed by atoms with van der Waals surface area (Å²) >= 11 is -0.349. The molecule has 3 aromatic rings. The van der Waals surface area contributed by atoms with Crippen LogP contribution in [0.15, 0.2) is 89.8 Å². The second-order valence-corrected chi connectivity index (χ2v) is 8.53. The lowest BCUT2D eigenvalue weighted by atomic mass is 10.2. The largest absolute Gasteiger partial charge is 0.744 e. The van der Waals surface area contributed by atoms with Crippen LogP contribution in [0, 0.1) is 26.6 Å².